The first-order chi connectivity index (χ1) is 43.8. The Kier molecular flexibility index (Phi) is 71.4. The number of allylic oxidation sites excluding steroid dienone is 16. The number of hydrogen-bond acceptors (Lipinski definition) is 8. The summed E-state index contributed by atoms with van der Waals surface area (Å²) in [5.74, 6) is -0.812. The summed E-state index contributed by atoms with van der Waals surface area (Å²) < 4.78 is 33.2. The van der Waals surface area contributed by atoms with Gasteiger partial charge in [0.2, 0.25) is 0 Å². The molecule has 2 atom stereocenters. The van der Waals surface area contributed by atoms with Crippen LogP contribution in [-0.4, -0.2) is 49.3 Å². The first-order valence-corrected chi connectivity index (χ1v) is 39.2. The van der Waals surface area contributed by atoms with Gasteiger partial charge in [-0.25, -0.2) is 4.57 Å². The van der Waals surface area contributed by atoms with Crippen molar-refractivity contribution >= 4 is 19.8 Å². The number of hydrogen-bond donors (Lipinski definition) is 2. The Labute approximate surface area is 550 Å². The molecular weight excluding hydrogens is 1120 g/mol. The van der Waals surface area contributed by atoms with Crippen LogP contribution in [0.25, 0.3) is 0 Å². The summed E-state index contributed by atoms with van der Waals surface area (Å²) in [6.07, 6.45) is 101. The molecule has 516 valence electrons. The van der Waals surface area contributed by atoms with Crippen LogP contribution in [0.3, 0.4) is 0 Å². The number of unbranched alkanes of at least 4 members (excludes halogenated alkanes) is 42. The molecule has 3 N–H and O–H groups in total. The monoisotopic (exact) mass is 1260 g/mol. The smallest absolute Gasteiger partial charge is 0.462 e. The van der Waals surface area contributed by atoms with E-state index < -0.39 is 26.5 Å². The van der Waals surface area contributed by atoms with Gasteiger partial charge in [0.1, 0.15) is 6.61 Å². The van der Waals surface area contributed by atoms with E-state index in [1.165, 1.54) is 244 Å². The topological polar surface area (TPSA) is 134 Å². The molecule has 0 bridgehead atoms. The molecule has 9 nitrogen and oxygen atoms in total. The van der Waals surface area contributed by atoms with Gasteiger partial charge in [-0.2, -0.15) is 0 Å². The van der Waals surface area contributed by atoms with Crippen LogP contribution < -0.4 is 5.73 Å². The van der Waals surface area contributed by atoms with Crippen LogP contribution in [0.1, 0.15) is 361 Å². The van der Waals surface area contributed by atoms with Crippen molar-refractivity contribution in [3.8, 4) is 0 Å². The van der Waals surface area contributed by atoms with Gasteiger partial charge in [-0.05, 0) is 96.3 Å². The zero-order valence-corrected chi connectivity index (χ0v) is 59.1. The third-order valence-corrected chi connectivity index (χ3v) is 17.4. The predicted molar refractivity (Wildman–Crippen MR) is 385 cm³/mol. The zero-order valence-electron chi connectivity index (χ0n) is 58.2. The minimum absolute atomic E-state index is 0.0528. The fourth-order valence-electron chi connectivity index (χ4n) is 10.9. The van der Waals surface area contributed by atoms with Crippen molar-refractivity contribution in [2.24, 2.45) is 5.73 Å². The first-order valence-electron chi connectivity index (χ1n) is 37.7. The maximum atomic E-state index is 12.8. The summed E-state index contributed by atoms with van der Waals surface area (Å²) in [6, 6.07) is 0. The summed E-state index contributed by atoms with van der Waals surface area (Å²) >= 11 is 0. The summed E-state index contributed by atoms with van der Waals surface area (Å²) in [5, 5.41) is 0. The van der Waals surface area contributed by atoms with Crippen LogP contribution >= 0.6 is 7.82 Å². The van der Waals surface area contributed by atoms with Gasteiger partial charge >= 0.3 is 19.8 Å². The van der Waals surface area contributed by atoms with Crippen molar-refractivity contribution < 1.29 is 37.6 Å². The second kappa shape index (κ2) is 74.0. The molecule has 2 unspecified atom stereocenters. The summed E-state index contributed by atoms with van der Waals surface area (Å²) in [6.45, 7) is 3.67. The number of esters is 2. The van der Waals surface area contributed by atoms with Crippen molar-refractivity contribution in [2.75, 3.05) is 26.4 Å². The Balaban J connectivity index is 3.82. The number of carbonyl (C=O) groups excluding carboxylic acids is 2. The number of nitrogens with two attached hydrogens (primary N) is 1. The van der Waals surface area contributed by atoms with E-state index in [1.807, 2.05) is 0 Å². The molecule has 0 rings (SSSR count). The van der Waals surface area contributed by atoms with E-state index in [-0.39, 0.29) is 38.6 Å². The van der Waals surface area contributed by atoms with Crippen LogP contribution in [0.2, 0.25) is 0 Å². The fraction of sp³-hybridized carbons (Fsp3) is 0.772. The molecule has 0 aliphatic rings. The standard InChI is InChI=1S/C79H142NO8P/c1-3-5-7-9-11-13-15-17-19-21-23-25-27-29-31-33-35-36-37-38-39-40-42-44-46-48-50-52-54-56-58-60-62-64-66-68-70-72-79(82)88-77(76-87-89(83,84)86-74-73-80)75-85-78(81)71-69-67-65-63-61-59-57-55-53-51-49-47-45-43-41-34-32-30-28-26-24-22-20-18-16-14-12-10-8-6-4-2/h5,7,11,13,16-19,22-25,29,31,35-36,77H,3-4,6,8-10,12,14-15,20-21,26-28,30,32-34,37-76,80H2,1-2H3,(H,83,84)/b7-5-,13-11-,18-16-,19-17-,24-22-,25-23-,31-29-,36-35-. The van der Waals surface area contributed by atoms with Gasteiger partial charge in [0.15, 0.2) is 6.10 Å². The predicted octanol–water partition coefficient (Wildman–Crippen LogP) is 25.1. The van der Waals surface area contributed by atoms with Crippen LogP contribution in [0, 0.1) is 0 Å². The van der Waals surface area contributed by atoms with Gasteiger partial charge in [-0.1, -0.05) is 349 Å². The van der Waals surface area contributed by atoms with Gasteiger partial charge in [0.05, 0.1) is 13.2 Å². The van der Waals surface area contributed by atoms with Gasteiger partial charge in [-0.15, -0.1) is 0 Å². The van der Waals surface area contributed by atoms with E-state index in [0.29, 0.717) is 6.42 Å². The minimum Gasteiger partial charge on any atom is -0.462 e. The van der Waals surface area contributed by atoms with E-state index in [4.69, 9.17) is 24.3 Å². The van der Waals surface area contributed by atoms with Crippen molar-refractivity contribution in [3.63, 3.8) is 0 Å². The lowest BCUT2D eigenvalue weighted by molar-refractivity contribution is -0.161. The van der Waals surface area contributed by atoms with Gasteiger partial charge in [-0.3, -0.25) is 18.6 Å². The number of ether oxygens (including phenoxy) is 2. The number of rotatable bonds is 71. The Morgan fingerprint density at radius 2 is 0.618 bits per heavy atom. The minimum atomic E-state index is -4.40. The summed E-state index contributed by atoms with van der Waals surface area (Å²) in [4.78, 5) is 35.4. The third-order valence-electron chi connectivity index (χ3n) is 16.5. The van der Waals surface area contributed by atoms with Crippen molar-refractivity contribution in [3.05, 3.63) is 97.2 Å². The molecule has 0 fully saturated rings. The molecule has 89 heavy (non-hydrogen) atoms. The van der Waals surface area contributed by atoms with E-state index in [9.17, 15) is 19.0 Å². The fourth-order valence-corrected chi connectivity index (χ4v) is 11.7. The molecule has 0 aromatic rings. The molecular formula is C79H142NO8P. The van der Waals surface area contributed by atoms with E-state index in [0.717, 1.165) is 83.5 Å². The van der Waals surface area contributed by atoms with Crippen molar-refractivity contribution in [1.82, 2.24) is 0 Å². The lowest BCUT2D eigenvalue weighted by atomic mass is 10.0. The Hall–Kier alpha value is -3.07. The highest BCUT2D eigenvalue weighted by Crippen LogP contribution is 2.43. The highest BCUT2D eigenvalue weighted by Gasteiger charge is 2.26. The molecule has 0 aliphatic heterocycles. The highest BCUT2D eigenvalue weighted by atomic mass is 31.2. The molecule has 0 saturated carbocycles. The van der Waals surface area contributed by atoms with Crippen LogP contribution in [0.15, 0.2) is 97.2 Å². The second-order valence-electron chi connectivity index (χ2n) is 25.1. The van der Waals surface area contributed by atoms with E-state index in [1.54, 1.807) is 0 Å². The zero-order chi connectivity index (χ0) is 64.4. The Morgan fingerprint density at radius 3 is 0.921 bits per heavy atom. The first kappa shape index (κ1) is 85.9. The molecule has 0 aromatic heterocycles. The maximum Gasteiger partial charge on any atom is 0.472 e. The average Bonchev–Trinajstić information content (AvgIpc) is 3.68. The highest BCUT2D eigenvalue weighted by molar-refractivity contribution is 7.47. The Morgan fingerprint density at radius 1 is 0.348 bits per heavy atom. The average molecular weight is 1260 g/mol. The lowest BCUT2D eigenvalue weighted by Gasteiger charge is -2.19. The molecule has 0 aromatic carbocycles. The number of phosphoric acid groups is 1. The van der Waals surface area contributed by atoms with Crippen molar-refractivity contribution in [1.29, 1.82) is 0 Å². The van der Waals surface area contributed by atoms with Crippen LogP contribution in [0.5, 0.6) is 0 Å². The molecule has 0 heterocycles. The number of carbonyl (C=O) groups is 2. The molecule has 0 radical (unpaired) electrons. The van der Waals surface area contributed by atoms with Gasteiger partial charge in [0, 0.05) is 19.4 Å². The number of phosphoric ester groups is 1. The van der Waals surface area contributed by atoms with Gasteiger partial charge < -0.3 is 20.1 Å². The van der Waals surface area contributed by atoms with Crippen LogP contribution in [0.4, 0.5) is 0 Å². The maximum absolute atomic E-state index is 12.8. The molecule has 0 amide bonds. The Bertz CT molecular complexity index is 1780. The second-order valence-corrected chi connectivity index (χ2v) is 26.6. The van der Waals surface area contributed by atoms with Gasteiger partial charge in [0.25, 0.3) is 0 Å². The van der Waals surface area contributed by atoms with E-state index >= 15 is 0 Å². The van der Waals surface area contributed by atoms with Crippen molar-refractivity contribution in [2.45, 2.75) is 367 Å². The molecule has 0 spiro atoms. The summed E-state index contributed by atoms with van der Waals surface area (Å²) in [5.41, 5.74) is 5.41. The SMILES string of the molecule is CC/C=C\C/C=C\C/C=C\C/C=C\C/C=C\C/C=C\CCCCCCCCCCCCCCCCCCCCC(=O)OC(COC(=O)CCCCCCCCCCCCCCCCCCCCC/C=C\C/C=C\CCCCCCC)COP(=O)(O)OCCN. The lowest BCUT2D eigenvalue weighted by Crippen LogP contribution is -2.29. The van der Waals surface area contributed by atoms with E-state index in [2.05, 4.69) is 111 Å². The van der Waals surface area contributed by atoms with Crippen LogP contribution in [-0.2, 0) is 32.7 Å². The molecule has 10 heteroatoms. The summed E-state index contributed by atoms with van der Waals surface area (Å²) in [7, 11) is -4.40. The quantitative estimate of drug-likeness (QED) is 0.0264. The normalized spacial score (nSPS) is 13.4. The third kappa shape index (κ3) is 73.9. The molecule has 0 saturated heterocycles. The largest absolute Gasteiger partial charge is 0.472 e. The molecule has 0 aliphatic carbocycles.